The van der Waals surface area contributed by atoms with Gasteiger partial charge in [0.2, 0.25) is 5.91 Å². The Morgan fingerprint density at radius 3 is 2.17 bits per heavy atom. The van der Waals surface area contributed by atoms with Gasteiger partial charge in [-0.3, -0.25) is 14.5 Å². The van der Waals surface area contributed by atoms with Crippen LogP contribution in [0.2, 0.25) is 0 Å². The number of aromatic hydroxyl groups is 1. The number of carbonyl (C=O) groups is 2. The van der Waals surface area contributed by atoms with Gasteiger partial charge >= 0.3 is 0 Å². The van der Waals surface area contributed by atoms with Crippen molar-refractivity contribution in [2.24, 2.45) is 0 Å². The summed E-state index contributed by atoms with van der Waals surface area (Å²) in [6, 6.07) is 14.6. The Hall–Kier alpha value is -2.86. The van der Waals surface area contributed by atoms with Crippen LogP contribution < -0.4 is 9.80 Å². The Bertz CT molecular complexity index is 887. The number of rotatable bonds is 6. The molecular weight excluding hydrogens is 378 g/mol. The second kappa shape index (κ2) is 8.88. The molecule has 2 amide bonds. The van der Waals surface area contributed by atoms with Crippen molar-refractivity contribution < 1.29 is 14.7 Å². The Morgan fingerprint density at radius 2 is 1.53 bits per heavy atom. The molecule has 1 unspecified atom stereocenters. The number of unbranched alkanes of at least 4 members (excludes halogenated alkanes) is 1. The van der Waals surface area contributed by atoms with Gasteiger partial charge in [0, 0.05) is 31.9 Å². The highest BCUT2D eigenvalue weighted by Gasteiger charge is 2.43. The lowest BCUT2D eigenvalue weighted by Crippen LogP contribution is -2.52. The maximum atomic E-state index is 13.1. The molecule has 158 valence electrons. The molecule has 0 aliphatic carbocycles. The monoisotopic (exact) mass is 407 g/mol. The molecule has 0 spiro atoms. The fourth-order valence-corrected chi connectivity index (χ4v) is 4.32. The summed E-state index contributed by atoms with van der Waals surface area (Å²) in [4.78, 5) is 31.5. The van der Waals surface area contributed by atoms with E-state index >= 15 is 0 Å². The van der Waals surface area contributed by atoms with Gasteiger partial charge in [0.15, 0.2) is 0 Å². The van der Waals surface area contributed by atoms with Crippen LogP contribution in [0.5, 0.6) is 5.75 Å². The fraction of sp³-hybridized carbons (Fsp3) is 0.417. The summed E-state index contributed by atoms with van der Waals surface area (Å²) in [5.74, 6) is 0.0256. The van der Waals surface area contributed by atoms with Crippen LogP contribution >= 0.6 is 0 Å². The quantitative estimate of drug-likeness (QED) is 0.745. The maximum absolute atomic E-state index is 13.1. The zero-order valence-corrected chi connectivity index (χ0v) is 17.5. The van der Waals surface area contributed by atoms with Gasteiger partial charge in [-0.05, 0) is 54.8 Å². The summed E-state index contributed by atoms with van der Waals surface area (Å²) < 4.78 is 0. The number of carbonyl (C=O) groups excluding carboxylic acids is 2. The van der Waals surface area contributed by atoms with Crippen LogP contribution in [0, 0.1) is 0 Å². The number of phenols is 1. The number of aryl methyl sites for hydroxylation is 1. The van der Waals surface area contributed by atoms with Crippen molar-refractivity contribution in [3.05, 3.63) is 54.1 Å². The van der Waals surface area contributed by atoms with Gasteiger partial charge < -0.3 is 10.0 Å². The maximum Gasteiger partial charge on any atom is 0.251 e. The molecule has 2 aromatic rings. The molecule has 6 nitrogen and oxygen atoms in total. The average Bonchev–Trinajstić information content (AvgIpc) is 3.07. The molecule has 4 rings (SSSR count). The van der Waals surface area contributed by atoms with E-state index in [1.807, 2.05) is 36.4 Å². The van der Waals surface area contributed by atoms with E-state index in [1.54, 1.807) is 12.1 Å². The molecule has 0 aromatic heterocycles. The van der Waals surface area contributed by atoms with Crippen molar-refractivity contribution in [2.75, 3.05) is 36.0 Å². The minimum atomic E-state index is -0.376. The average molecular weight is 408 g/mol. The van der Waals surface area contributed by atoms with Crippen LogP contribution in [0.25, 0.3) is 0 Å². The minimum Gasteiger partial charge on any atom is -0.508 e. The topological polar surface area (TPSA) is 64.1 Å². The molecule has 1 N–H and O–H groups in total. The van der Waals surface area contributed by atoms with E-state index in [1.165, 1.54) is 10.5 Å². The molecule has 1 atom stereocenters. The smallest absolute Gasteiger partial charge is 0.251 e. The third-order valence-corrected chi connectivity index (χ3v) is 6.11. The van der Waals surface area contributed by atoms with E-state index in [-0.39, 0.29) is 30.0 Å². The number of phenolic OH excluding ortho intramolecular Hbond substituents is 1. The van der Waals surface area contributed by atoms with Crippen molar-refractivity contribution >= 4 is 23.2 Å². The SMILES string of the molecule is CCCCc1ccc(N2C(=O)CC(N3CCN(c4ccc(O)cc4)CC3)C2=O)cc1. The predicted octanol–water partition coefficient (Wildman–Crippen LogP) is 3.19. The molecule has 2 aliphatic rings. The number of hydrogen-bond donors (Lipinski definition) is 1. The summed E-state index contributed by atoms with van der Waals surface area (Å²) in [5.41, 5.74) is 2.98. The molecule has 6 heteroatoms. The number of amides is 2. The molecule has 30 heavy (non-hydrogen) atoms. The van der Waals surface area contributed by atoms with Gasteiger partial charge in [0.05, 0.1) is 18.2 Å². The lowest BCUT2D eigenvalue weighted by molar-refractivity contribution is -0.123. The molecule has 2 aromatic carbocycles. The van der Waals surface area contributed by atoms with Gasteiger partial charge in [-0.15, -0.1) is 0 Å². The third kappa shape index (κ3) is 4.19. The van der Waals surface area contributed by atoms with Crippen molar-refractivity contribution in [1.82, 2.24) is 4.90 Å². The lowest BCUT2D eigenvalue weighted by atomic mass is 10.1. The molecule has 2 aliphatic heterocycles. The summed E-state index contributed by atoms with van der Waals surface area (Å²) in [5, 5.41) is 9.47. The lowest BCUT2D eigenvalue weighted by Gasteiger charge is -2.38. The number of hydrogen-bond acceptors (Lipinski definition) is 5. The fourth-order valence-electron chi connectivity index (χ4n) is 4.32. The molecule has 2 saturated heterocycles. The van der Waals surface area contributed by atoms with Crippen LogP contribution in [0.1, 0.15) is 31.7 Å². The first kappa shape index (κ1) is 20.4. The molecule has 0 radical (unpaired) electrons. The highest BCUT2D eigenvalue weighted by Crippen LogP contribution is 2.28. The van der Waals surface area contributed by atoms with Gasteiger partial charge in [-0.25, -0.2) is 4.90 Å². The number of nitrogens with zero attached hydrogens (tertiary/aromatic N) is 3. The zero-order chi connectivity index (χ0) is 21.1. The molecule has 0 bridgehead atoms. The van der Waals surface area contributed by atoms with Crippen LogP contribution in [0.15, 0.2) is 48.5 Å². The van der Waals surface area contributed by atoms with Gasteiger partial charge in [-0.1, -0.05) is 25.5 Å². The molecule has 0 saturated carbocycles. The standard InChI is InChI=1S/C24H29N3O3/c1-2-3-4-18-5-7-20(8-6-18)27-23(29)17-22(24(27)30)26-15-13-25(14-16-26)19-9-11-21(28)12-10-19/h5-12,22,28H,2-4,13-17H2,1H3. The second-order valence-corrected chi connectivity index (χ2v) is 8.10. The predicted molar refractivity (Wildman–Crippen MR) is 118 cm³/mol. The summed E-state index contributed by atoms with van der Waals surface area (Å²) >= 11 is 0. The normalized spacial score (nSPS) is 20.2. The Labute approximate surface area is 177 Å². The highest BCUT2D eigenvalue weighted by molar-refractivity contribution is 6.22. The molecule has 2 heterocycles. The van der Waals surface area contributed by atoms with Crippen molar-refractivity contribution in [1.29, 1.82) is 0 Å². The van der Waals surface area contributed by atoms with Crippen LogP contribution in [-0.2, 0) is 16.0 Å². The van der Waals surface area contributed by atoms with E-state index in [0.717, 1.165) is 51.1 Å². The second-order valence-electron chi connectivity index (χ2n) is 8.10. The van der Waals surface area contributed by atoms with Gasteiger partial charge in [0.25, 0.3) is 5.91 Å². The van der Waals surface area contributed by atoms with Crippen LogP contribution in [0.3, 0.4) is 0 Å². The molecular formula is C24H29N3O3. The first-order chi connectivity index (χ1) is 14.6. The first-order valence-electron chi connectivity index (χ1n) is 10.8. The summed E-state index contributed by atoms with van der Waals surface area (Å²) in [6.45, 7) is 5.20. The highest BCUT2D eigenvalue weighted by atomic mass is 16.3. The first-order valence-corrected chi connectivity index (χ1v) is 10.8. The zero-order valence-electron chi connectivity index (χ0n) is 17.5. The van der Waals surface area contributed by atoms with E-state index in [9.17, 15) is 14.7 Å². The summed E-state index contributed by atoms with van der Waals surface area (Å²) in [6.07, 6.45) is 3.55. The van der Waals surface area contributed by atoms with Gasteiger partial charge in [-0.2, -0.15) is 0 Å². The number of piperazine rings is 1. The summed E-state index contributed by atoms with van der Waals surface area (Å²) in [7, 11) is 0. The van der Waals surface area contributed by atoms with Crippen molar-refractivity contribution in [3.63, 3.8) is 0 Å². The van der Waals surface area contributed by atoms with Crippen molar-refractivity contribution in [3.8, 4) is 5.75 Å². The Balaban J connectivity index is 1.39. The third-order valence-electron chi connectivity index (χ3n) is 6.11. The van der Waals surface area contributed by atoms with Crippen LogP contribution in [0.4, 0.5) is 11.4 Å². The van der Waals surface area contributed by atoms with E-state index in [0.29, 0.717) is 5.69 Å². The van der Waals surface area contributed by atoms with E-state index in [4.69, 9.17) is 0 Å². The van der Waals surface area contributed by atoms with E-state index < -0.39 is 0 Å². The van der Waals surface area contributed by atoms with Crippen LogP contribution in [-0.4, -0.2) is 54.0 Å². The Morgan fingerprint density at radius 1 is 0.900 bits per heavy atom. The largest absolute Gasteiger partial charge is 0.508 e. The molecule has 2 fully saturated rings. The number of anilines is 2. The number of imide groups is 1. The van der Waals surface area contributed by atoms with Crippen molar-refractivity contribution in [2.45, 2.75) is 38.6 Å². The minimum absolute atomic E-state index is 0.112. The number of benzene rings is 2. The Kier molecular flexibility index (Phi) is 6.04. The van der Waals surface area contributed by atoms with E-state index in [2.05, 4.69) is 16.7 Å². The van der Waals surface area contributed by atoms with Gasteiger partial charge in [0.1, 0.15) is 5.75 Å².